The van der Waals surface area contributed by atoms with Crippen LogP contribution in [0.25, 0.3) is 0 Å². The van der Waals surface area contributed by atoms with Gasteiger partial charge in [-0.2, -0.15) is 0 Å². The maximum absolute atomic E-state index is 12.1. The molecule has 0 bridgehead atoms. The van der Waals surface area contributed by atoms with Gasteiger partial charge >= 0.3 is 6.03 Å². The quantitative estimate of drug-likeness (QED) is 0.899. The van der Waals surface area contributed by atoms with Gasteiger partial charge in [0.25, 0.3) is 0 Å². The van der Waals surface area contributed by atoms with Crippen LogP contribution in [0.4, 0.5) is 16.2 Å². The maximum atomic E-state index is 12.1. The Kier molecular flexibility index (Phi) is 4.52. The zero-order valence-corrected chi connectivity index (χ0v) is 13.4. The largest absolute Gasteiger partial charge is 0.376 e. The molecule has 2 atom stereocenters. The van der Waals surface area contributed by atoms with Crippen LogP contribution in [-0.2, 0) is 11.2 Å². The fourth-order valence-corrected chi connectivity index (χ4v) is 3.32. The number of amides is 2. The lowest BCUT2D eigenvalue weighted by Crippen LogP contribution is -2.43. The molecule has 22 heavy (non-hydrogen) atoms. The van der Waals surface area contributed by atoms with E-state index in [-0.39, 0.29) is 18.2 Å². The fourth-order valence-electron chi connectivity index (χ4n) is 3.32. The van der Waals surface area contributed by atoms with Gasteiger partial charge in [-0.3, -0.25) is 0 Å². The molecule has 2 aliphatic rings. The Bertz CT molecular complexity index is 541. The topological polar surface area (TPSA) is 53.6 Å². The van der Waals surface area contributed by atoms with Gasteiger partial charge in [0, 0.05) is 31.1 Å². The molecule has 1 aromatic rings. The number of ether oxygens (including phenoxy) is 1. The molecule has 3 rings (SSSR count). The maximum Gasteiger partial charge on any atom is 0.319 e. The summed E-state index contributed by atoms with van der Waals surface area (Å²) in [4.78, 5) is 14.5. The molecule has 1 saturated heterocycles. The van der Waals surface area contributed by atoms with Crippen LogP contribution in [0.2, 0.25) is 0 Å². The van der Waals surface area contributed by atoms with E-state index in [1.54, 1.807) is 0 Å². The second-order valence-corrected chi connectivity index (χ2v) is 6.11. The molecule has 0 saturated carbocycles. The molecule has 0 spiro atoms. The van der Waals surface area contributed by atoms with Crippen LogP contribution in [0.3, 0.4) is 0 Å². The van der Waals surface area contributed by atoms with E-state index in [9.17, 15) is 4.79 Å². The normalized spacial score (nSPS) is 21.5. The minimum Gasteiger partial charge on any atom is -0.376 e. The highest BCUT2D eigenvalue weighted by Gasteiger charge is 2.24. The van der Waals surface area contributed by atoms with Crippen molar-refractivity contribution in [2.45, 2.75) is 45.3 Å². The third-order valence-corrected chi connectivity index (χ3v) is 4.60. The van der Waals surface area contributed by atoms with Crippen LogP contribution in [-0.4, -0.2) is 37.9 Å². The highest BCUT2D eigenvalue weighted by molar-refractivity contribution is 5.90. The van der Waals surface area contributed by atoms with E-state index in [0.29, 0.717) is 0 Å². The summed E-state index contributed by atoms with van der Waals surface area (Å²) in [6.07, 6.45) is 3.33. The molecule has 1 fully saturated rings. The number of rotatable bonds is 4. The van der Waals surface area contributed by atoms with Crippen molar-refractivity contribution in [2.24, 2.45) is 0 Å². The van der Waals surface area contributed by atoms with Crippen molar-refractivity contribution in [1.29, 1.82) is 0 Å². The predicted octanol–water partition coefficient (Wildman–Crippen LogP) is 2.76. The van der Waals surface area contributed by atoms with Gasteiger partial charge in [-0.05, 0) is 50.8 Å². The first kappa shape index (κ1) is 15.2. The first-order chi connectivity index (χ1) is 10.7. The van der Waals surface area contributed by atoms with Crippen LogP contribution in [0.15, 0.2) is 18.2 Å². The second kappa shape index (κ2) is 6.57. The van der Waals surface area contributed by atoms with Gasteiger partial charge in [-0.25, -0.2) is 4.79 Å². The van der Waals surface area contributed by atoms with Crippen LogP contribution >= 0.6 is 0 Å². The van der Waals surface area contributed by atoms with E-state index >= 15 is 0 Å². The number of hydrogen-bond acceptors (Lipinski definition) is 3. The van der Waals surface area contributed by atoms with Gasteiger partial charge in [0.2, 0.25) is 0 Å². The van der Waals surface area contributed by atoms with Crippen molar-refractivity contribution in [3.05, 3.63) is 23.8 Å². The Balaban J connectivity index is 1.59. The van der Waals surface area contributed by atoms with E-state index in [1.807, 2.05) is 13.0 Å². The molecule has 2 aliphatic heterocycles. The summed E-state index contributed by atoms with van der Waals surface area (Å²) in [7, 11) is 0. The Morgan fingerprint density at radius 3 is 3.09 bits per heavy atom. The third kappa shape index (κ3) is 3.19. The monoisotopic (exact) mass is 303 g/mol. The molecule has 120 valence electrons. The second-order valence-electron chi connectivity index (χ2n) is 6.11. The highest BCUT2D eigenvalue weighted by atomic mass is 16.5. The first-order valence-electron chi connectivity index (χ1n) is 8.24. The summed E-state index contributed by atoms with van der Waals surface area (Å²) < 4.78 is 5.61. The van der Waals surface area contributed by atoms with E-state index in [1.165, 1.54) is 11.3 Å². The average molecular weight is 303 g/mol. The Morgan fingerprint density at radius 2 is 2.36 bits per heavy atom. The standard InChI is InChI=1S/C17H25N3O2/c1-3-20-9-8-13-6-7-14(11-15(13)20)19-17(21)18-12(2)16-5-4-10-22-16/h6-7,11-12,16H,3-5,8-10H2,1-2H3,(H2,18,19,21)/t12-,16+/m0/s1. The van der Waals surface area contributed by atoms with Gasteiger partial charge < -0.3 is 20.3 Å². The minimum absolute atomic E-state index is 0.0315. The number of carbonyl (C=O) groups is 1. The number of benzene rings is 1. The van der Waals surface area contributed by atoms with Crippen molar-refractivity contribution in [3.8, 4) is 0 Å². The molecular weight excluding hydrogens is 278 g/mol. The van der Waals surface area contributed by atoms with Gasteiger partial charge in [0.15, 0.2) is 0 Å². The van der Waals surface area contributed by atoms with Gasteiger partial charge in [0.05, 0.1) is 12.1 Å². The summed E-state index contributed by atoms with van der Waals surface area (Å²) >= 11 is 0. The van der Waals surface area contributed by atoms with Crippen molar-refractivity contribution in [1.82, 2.24) is 5.32 Å². The lowest BCUT2D eigenvalue weighted by molar-refractivity contribution is 0.0868. The van der Waals surface area contributed by atoms with Crippen molar-refractivity contribution >= 4 is 17.4 Å². The van der Waals surface area contributed by atoms with Gasteiger partial charge in [-0.15, -0.1) is 0 Å². The number of carbonyl (C=O) groups excluding carboxylic acids is 1. The van der Waals surface area contributed by atoms with E-state index < -0.39 is 0 Å². The van der Waals surface area contributed by atoms with E-state index in [0.717, 1.165) is 44.6 Å². The van der Waals surface area contributed by atoms with Crippen LogP contribution in [0, 0.1) is 0 Å². The smallest absolute Gasteiger partial charge is 0.319 e. The molecule has 0 aliphatic carbocycles. The number of hydrogen-bond donors (Lipinski definition) is 2. The molecule has 2 N–H and O–H groups in total. The number of nitrogens with one attached hydrogen (secondary N) is 2. The minimum atomic E-state index is -0.163. The third-order valence-electron chi connectivity index (χ3n) is 4.60. The van der Waals surface area contributed by atoms with Crippen LogP contribution in [0.1, 0.15) is 32.3 Å². The van der Waals surface area contributed by atoms with Crippen LogP contribution < -0.4 is 15.5 Å². The van der Waals surface area contributed by atoms with Crippen molar-refractivity contribution in [2.75, 3.05) is 29.9 Å². The predicted molar refractivity (Wildman–Crippen MR) is 88.6 cm³/mol. The van der Waals surface area contributed by atoms with E-state index in [4.69, 9.17) is 4.74 Å². The average Bonchev–Trinajstić information content (AvgIpc) is 3.16. The molecule has 0 radical (unpaired) electrons. The van der Waals surface area contributed by atoms with Gasteiger partial charge in [0.1, 0.15) is 0 Å². The summed E-state index contributed by atoms with van der Waals surface area (Å²) in [5.74, 6) is 0. The number of anilines is 2. The number of urea groups is 1. The lowest BCUT2D eigenvalue weighted by Gasteiger charge is -2.21. The molecular formula is C17H25N3O2. The number of fused-ring (bicyclic) bond motifs is 1. The van der Waals surface area contributed by atoms with Crippen molar-refractivity contribution in [3.63, 3.8) is 0 Å². The summed E-state index contributed by atoms with van der Waals surface area (Å²) in [5.41, 5.74) is 3.45. The van der Waals surface area contributed by atoms with Gasteiger partial charge in [-0.1, -0.05) is 6.07 Å². The first-order valence-corrected chi connectivity index (χ1v) is 8.24. The number of likely N-dealkylation sites (N-methyl/N-ethyl adjacent to an activating group) is 1. The SMILES string of the molecule is CCN1CCc2ccc(NC(=O)N[C@@H](C)[C@H]3CCCO3)cc21. The molecule has 2 amide bonds. The zero-order chi connectivity index (χ0) is 15.5. The Morgan fingerprint density at radius 1 is 1.50 bits per heavy atom. The summed E-state index contributed by atoms with van der Waals surface area (Å²) in [5, 5.41) is 5.91. The molecule has 1 aromatic carbocycles. The Hall–Kier alpha value is -1.75. The van der Waals surface area contributed by atoms with Crippen LogP contribution in [0.5, 0.6) is 0 Å². The molecule has 5 nitrogen and oxygen atoms in total. The molecule has 2 heterocycles. The molecule has 5 heteroatoms. The highest BCUT2D eigenvalue weighted by Crippen LogP contribution is 2.30. The fraction of sp³-hybridized carbons (Fsp3) is 0.588. The Labute approximate surface area is 132 Å². The lowest BCUT2D eigenvalue weighted by atomic mass is 10.1. The molecule has 0 unspecified atom stereocenters. The summed E-state index contributed by atoms with van der Waals surface area (Å²) in [6, 6.07) is 6.04. The van der Waals surface area contributed by atoms with E-state index in [2.05, 4.69) is 34.6 Å². The van der Waals surface area contributed by atoms with Crippen molar-refractivity contribution < 1.29 is 9.53 Å². The number of nitrogens with zero attached hydrogens (tertiary/aromatic N) is 1. The molecule has 0 aromatic heterocycles. The zero-order valence-electron chi connectivity index (χ0n) is 13.4. The summed E-state index contributed by atoms with van der Waals surface area (Å²) in [6.45, 7) is 7.02.